The first-order chi connectivity index (χ1) is 11.4. The van der Waals surface area contributed by atoms with Crippen molar-refractivity contribution in [1.29, 1.82) is 0 Å². The van der Waals surface area contributed by atoms with Crippen molar-refractivity contribution in [3.63, 3.8) is 0 Å². The fraction of sp³-hybridized carbons (Fsp3) is 0.176. The monoisotopic (exact) mass is 383 g/mol. The van der Waals surface area contributed by atoms with Crippen LogP contribution in [0.15, 0.2) is 41.3 Å². The summed E-state index contributed by atoms with van der Waals surface area (Å²) in [6.07, 6.45) is 1.87. The first kappa shape index (κ1) is 18.6. The summed E-state index contributed by atoms with van der Waals surface area (Å²) in [4.78, 5) is 24.3. The molecular weight excluding hydrogens is 369 g/mol. The third-order valence-corrected chi connectivity index (χ3v) is 4.39. The van der Waals surface area contributed by atoms with E-state index in [2.05, 4.69) is 5.32 Å². The van der Waals surface area contributed by atoms with Gasteiger partial charge in [0.05, 0.1) is 10.7 Å². The van der Waals surface area contributed by atoms with E-state index in [9.17, 15) is 9.59 Å². The number of ketones is 1. The summed E-state index contributed by atoms with van der Waals surface area (Å²) >= 11 is 13.3. The average molecular weight is 384 g/mol. The molecule has 0 aliphatic heterocycles. The SMILES string of the molecule is CSc1cc(C(=O)COc2ccc(Cl)cc2Cl)ccc1NC(C)=O. The number of Topliss-reactive ketones (excluding diaryl/α,β-unsaturated/α-hetero) is 1. The van der Waals surface area contributed by atoms with Crippen LogP contribution in [0.1, 0.15) is 17.3 Å². The fourth-order valence-corrected chi connectivity index (χ4v) is 3.02. The molecule has 0 spiro atoms. The second kappa shape index (κ2) is 8.42. The number of anilines is 1. The van der Waals surface area contributed by atoms with Crippen LogP contribution in [0, 0.1) is 0 Å². The summed E-state index contributed by atoms with van der Waals surface area (Å²) in [6, 6.07) is 9.89. The molecule has 2 aromatic carbocycles. The second-order valence-electron chi connectivity index (χ2n) is 4.88. The van der Waals surface area contributed by atoms with E-state index in [0.29, 0.717) is 27.0 Å². The molecule has 0 aliphatic carbocycles. The predicted molar refractivity (Wildman–Crippen MR) is 98.8 cm³/mol. The molecule has 2 rings (SSSR count). The topological polar surface area (TPSA) is 55.4 Å². The molecule has 126 valence electrons. The predicted octanol–water partition coefficient (Wildman–Crippen LogP) is 4.94. The van der Waals surface area contributed by atoms with Gasteiger partial charge in [-0.15, -0.1) is 11.8 Å². The Labute approximate surface area is 154 Å². The Morgan fingerprint density at radius 2 is 1.92 bits per heavy atom. The minimum absolute atomic E-state index is 0.144. The summed E-state index contributed by atoms with van der Waals surface area (Å²) in [7, 11) is 0. The Balaban J connectivity index is 2.10. The molecule has 24 heavy (non-hydrogen) atoms. The Kier molecular flexibility index (Phi) is 6.54. The van der Waals surface area contributed by atoms with E-state index in [1.807, 2.05) is 6.26 Å². The average Bonchev–Trinajstić information content (AvgIpc) is 2.53. The molecule has 0 heterocycles. The van der Waals surface area contributed by atoms with Crippen LogP contribution in [0.3, 0.4) is 0 Å². The second-order valence-corrected chi connectivity index (χ2v) is 6.57. The number of benzene rings is 2. The third-order valence-electron chi connectivity index (χ3n) is 3.09. The maximum Gasteiger partial charge on any atom is 0.221 e. The smallest absolute Gasteiger partial charge is 0.221 e. The number of amides is 1. The number of ether oxygens (including phenoxy) is 1. The lowest BCUT2D eigenvalue weighted by Crippen LogP contribution is -2.13. The van der Waals surface area contributed by atoms with Crippen molar-refractivity contribution in [1.82, 2.24) is 0 Å². The molecule has 1 amide bonds. The standard InChI is InChI=1S/C17H15Cl2NO3S/c1-10(21)20-14-5-3-11(7-17(14)24-2)15(22)9-23-16-6-4-12(18)8-13(16)19/h3-8H,9H2,1-2H3,(H,20,21). The van der Waals surface area contributed by atoms with Crippen LogP contribution in [0.5, 0.6) is 5.75 Å². The molecule has 0 atom stereocenters. The van der Waals surface area contributed by atoms with E-state index in [-0.39, 0.29) is 18.3 Å². The number of hydrogen-bond donors (Lipinski definition) is 1. The Hall–Kier alpha value is -1.69. The number of rotatable bonds is 6. The number of hydrogen-bond acceptors (Lipinski definition) is 4. The van der Waals surface area contributed by atoms with E-state index in [1.165, 1.54) is 18.7 Å². The highest BCUT2D eigenvalue weighted by atomic mass is 35.5. The highest BCUT2D eigenvalue weighted by molar-refractivity contribution is 7.98. The summed E-state index contributed by atoms with van der Waals surface area (Å²) in [6.45, 7) is 1.29. The molecule has 1 N–H and O–H groups in total. The van der Waals surface area contributed by atoms with E-state index < -0.39 is 0 Å². The van der Waals surface area contributed by atoms with E-state index in [1.54, 1.807) is 36.4 Å². The summed E-state index contributed by atoms with van der Waals surface area (Å²) in [5, 5.41) is 3.57. The number of carbonyl (C=O) groups is 2. The summed E-state index contributed by atoms with van der Waals surface area (Å²) in [5.41, 5.74) is 1.17. The molecule has 4 nitrogen and oxygen atoms in total. The molecule has 0 saturated carbocycles. The van der Waals surface area contributed by atoms with Crippen molar-refractivity contribution in [3.05, 3.63) is 52.0 Å². The first-order valence-electron chi connectivity index (χ1n) is 6.97. The third kappa shape index (κ3) is 4.90. The van der Waals surface area contributed by atoms with Gasteiger partial charge >= 0.3 is 0 Å². The molecule has 0 fully saturated rings. The van der Waals surface area contributed by atoms with Gasteiger partial charge in [-0.2, -0.15) is 0 Å². The zero-order valence-corrected chi connectivity index (χ0v) is 15.4. The number of carbonyl (C=O) groups excluding carboxylic acids is 2. The van der Waals surface area contributed by atoms with Crippen molar-refractivity contribution < 1.29 is 14.3 Å². The normalized spacial score (nSPS) is 10.3. The van der Waals surface area contributed by atoms with Gasteiger partial charge in [-0.3, -0.25) is 9.59 Å². The van der Waals surface area contributed by atoms with Crippen LogP contribution in [-0.4, -0.2) is 24.6 Å². The quantitative estimate of drug-likeness (QED) is 0.567. The van der Waals surface area contributed by atoms with E-state index >= 15 is 0 Å². The lowest BCUT2D eigenvalue weighted by Gasteiger charge is -2.11. The van der Waals surface area contributed by atoms with Crippen molar-refractivity contribution in [2.24, 2.45) is 0 Å². The highest BCUT2D eigenvalue weighted by Gasteiger charge is 2.12. The molecule has 2 aromatic rings. The van der Waals surface area contributed by atoms with Gasteiger partial charge in [0.1, 0.15) is 5.75 Å². The minimum atomic E-state index is -0.189. The van der Waals surface area contributed by atoms with E-state index in [4.69, 9.17) is 27.9 Å². The van der Waals surface area contributed by atoms with Gasteiger partial charge < -0.3 is 10.1 Å². The number of halogens is 2. The van der Waals surface area contributed by atoms with Crippen molar-refractivity contribution in [2.45, 2.75) is 11.8 Å². The molecule has 0 saturated heterocycles. The first-order valence-corrected chi connectivity index (χ1v) is 8.95. The zero-order valence-electron chi connectivity index (χ0n) is 13.1. The van der Waals surface area contributed by atoms with Crippen LogP contribution in [0.25, 0.3) is 0 Å². The van der Waals surface area contributed by atoms with Crippen molar-refractivity contribution in [2.75, 3.05) is 18.2 Å². The van der Waals surface area contributed by atoms with Gasteiger partial charge in [-0.1, -0.05) is 23.2 Å². The molecule has 0 aliphatic rings. The lowest BCUT2D eigenvalue weighted by molar-refractivity contribution is -0.114. The van der Waals surface area contributed by atoms with Gasteiger partial charge in [0.2, 0.25) is 5.91 Å². The molecule has 0 aromatic heterocycles. The minimum Gasteiger partial charge on any atom is -0.484 e. The Bertz CT molecular complexity index is 780. The van der Waals surface area contributed by atoms with Crippen molar-refractivity contribution in [3.8, 4) is 5.75 Å². The lowest BCUT2D eigenvalue weighted by atomic mass is 10.1. The molecule has 0 bridgehead atoms. The van der Waals surface area contributed by atoms with Gasteiger partial charge in [0, 0.05) is 22.4 Å². The van der Waals surface area contributed by atoms with Crippen LogP contribution in [0.2, 0.25) is 10.0 Å². The van der Waals surface area contributed by atoms with Crippen LogP contribution in [0.4, 0.5) is 5.69 Å². The number of thioether (sulfide) groups is 1. The summed E-state index contributed by atoms with van der Waals surface area (Å²) in [5.74, 6) is 0.0464. The number of nitrogens with one attached hydrogen (secondary N) is 1. The van der Waals surface area contributed by atoms with Gasteiger partial charge in [0.25, 0.3) is 0 Å². The zero-order chi connectivity index (χ0) is 17.7. The van der Waals surface area contributed by atoms with E-state index in [0.717, 1.165) is 4.90 Å². The fourth-order valence-electron chi connectivity index (χ4n) is 1.98. The molecule has 7 heteroatoms. The maximum atomic E-state index is 12.3. The Morgan fingerprint density at radius 1 is 1.17 bits per heavy atom. The maximum absolute atomic E-state index is 12.3. The molecule has 0 unspecified atom stereocenters. The Morgan fingerprint density at radius 3 is 2.54 bits per heavy atom. The highest BCUT2D eigenvalue weighted by Crippen LogP contribution is 2.29. The molecular formula is C17H15Cl2NO3S. The molecule has 0 radical (unpaired) electrons. The van der Waals surface area contributed by atoms with Gasteiger partial charge in [0.15, 0.2) is 12.4 Å². The van der Waals surface area contributed by atoms with Gasteiger partial charge in [-0.25, -0.2) is 0 Å². The van der Waals surface area contributed by atoms with Crippen LogP contribution in [-0.2, 0) is 4.79 Å². The van der Waals surface area contributed by atoms with Crippen molar-refractivity contribution >= 4 is 52.3 Å². The van der Waals surface area contributed by atoms with Gasteiger partial charge in [-0.05, 0) is 42.7 Å². The summed E-state index contributed by atoms with van der Waals surface area (Å²) < 4.78 is 5.46. The largest absolute Gasteiger partial charge is 0.484 e. The van der Waals surface area contributed by atoms with Crippen LogP contribution < -0.4 is 10.1 Å². The van der Waals surface area contributed by atoms with Crippen LogP contribution >= 0.6 is 35.0 Å².